The molecular formula is C17H18F2N4O. The van der Waals surface area contributed by atoms with E-state index in [1.165, 1.54) is 12.1 Å². The molecule has 1 spiro atoms. The fraction of sp³-hybridized carbons (Fsp3) is 0.412. The highest BCUT2D eigenvalue weighted by Crippen LogP contribution is 2.58. The summed E-state index contributed by atoms with van der Waals surface area (Å²) in [5, 5.41) is 12.8. The molecule has 1 aliphatic carbocycles. The van der Waals surface area contributed by atoms with Crippen LogP contribution in [-0.2, 0) is 4.79 Å². The van der Waals surface area contributed by atoms with Gasteiger partial charge in [0.05, 0.1) is 5.69 Å². The second-order valence-electron chi connectivity index (χ2n) is 6.68. The molecule has 1 unspecified atom stereocenters. The molecule has 1 aliphatic heterocycles. The van der Waals surface area contributed by atoms with Crippen LogP contribution < -0.4 is 10.6 Å². The van der Waals surface area contributed by atoms with Crippen molar-refractivity contribution in [2.75, 3.05) is 18.4 Å². The SMILES string of the molecule is O=C(Nc1cc(-c2cc(F)cc(F)c2)[nH]n1)C1CC12CCNCC2. The van der Waals surface area contributed by atoms with Gasteiger partial charge in [-0.2, -0.15) is 5.10 Å². The summed E-state index contributed by atoms with van der Waals surface area (Å²) in [5.74, 6) is -0.936. The van der Waals surface area contributed by atoms with Crippen molar-refractivity contribution in [3.63, 3.8) is 0 Å². The van der Waals surface area contributed by atoms with Crippen LogP contribution in [0.1, 0.15) is 19.3 Å². The van der Waals surface area contributed by atoms with Crippen LogP contribution >= 0.6 is 0 Å². The monoisotopic (exact) mass is 332 g/mol. The minimum absolute atomic E-state index is 0.0274. The number of aromatic nitrogens is 2. The van der Waals surface area contributed by atoms with Crippen molar-refractivity contribution in [2.24, 2.45) is 11.3 Å². The number of halogens is 2. The molecule has 3 N–H and O–H groups in total. The Bertz CT molecular complexity index is 762. The number of rotatable bonds is 3. The van der Waals surface area contributed by atoms with Gasteiger partial charge in [0.2, 0.25) is 5.91 Å². The fourth-order valence-electron chi connectivity index (χ4n) is 3.65. The van der Waals surface area contributed by atoms with E-state index in [4.69, 9.17) is 0 Å². The van der Waals surface area contributed by atoms with Crippen LogP contribution in [-0.4, -0.2) is 29.2 Å². The number of aromatic amines is 1. The zero-order chi connectivity index (χ0) is 16.7. The minimum Gasteiger partial charge on any atom is -0.317 e. The first kappa shape index (κ1) is 15.3. The van der Waals surface area contributed by atoms with Crippen LogP contribution in [0.2, 0.25) is 0 Å². The topological polar surface area (TPSA) is 69.8 Å². The summed E-state index contributed by atoms with van der Waals surface area (Å²) in [6.45, 7) is 1.92. The molecular weight excluding hydrogens is 314 g/mol. The maximum absolute atomic E-state index is 13.3. The van der Waals surface area contributed by atoms with Crippen molar-refractivity contribution in [1.82, 2.24) is 15.5 Å². The number of carbonyl (C=O) groups is 1. The van der Waals surface area contributed by atoms with Crippen LogP contribution in [0.15, 0.2) is 24.3 Å². The maximum Gasteiger partial charge on any atom is 0.229 e. The minimum atomic E-state index is -0.656. The van der Waals surface area contributed by atoms with Gasteiger partial charge in [-0.1, -0.05) is 0 Å². The molecule has 1 aromatic carbocycles. The van der Waals surface area contributed by atoms with Crippen molar-refractivity contribution in [2.45, 2.75) is 19.3 Å². The molecule has 126 valence electrons. The van der Waals surface area contributed by atoms with Crippen molar-refractivity contribution in [3.05, 3.63) is 35.9 Å². The van der Waals surface area contributed by atoms with Gasteiger partial charge in [0, 0.05) is 23.6 Å². The molecule has 2 fully saturated rings. The van der Waals surface area contributed by atoms with E-state index in [1.807, 2.05) is 0 Å². The molecule has 2 heterocycles. The summed E-state index contributed by atoms with van der Waals surface area (Å²) in [6, 6.07) is 4.83. The van der Waals surface area contributed by atoms with Crippen LogP contribution in [0.25, 0.3) is 11.3 Å². The number of H-pyrrole nitrogens is 1. The van der Waals surface area contributed by atoms with E-state index in [1.54, 1.807) is 6.07 Å². The van der Waals surface area contributed by atoms with Crippen molar-refractivity contribution in [3.8, 4) is 11.3 Å². The van der Waals surface area contributed by atoms with Gasteiger partial charge in [-0.3, -0.25) is 9.89 Å². The fourth-order valence-corrected chi connectivity index (χ4v) is 3.65. The van der Waals surface area contributed by atoms with Crippen molar-refractivity contribution >= 4 is 11.7 Å². The Kier molecular flexibility index (Phi) is 3.60. The molecule has 1 saturated carbocycles. The Balaban J connectivity index is 1.45. The quantitative estimate of drug-likeness (QED) is 0.809. The van der Waals surface area contributed by atoms with Gasteiger partial charge in [0.15, 0.2) is 5.82 Å². The average Bonchev–Trinajstić information content (AvgIpc) is 3.03. The van der Waals surface area contributed by atoms with Gasteiger partial charge in [-0.25, -0.2) is 8.78 Å². The van der Waals surface area contributed by atoms with E-state index in [9.17, 15) is 13.6 Å². The number of nitrogens with one attached hydrogen (secondary N) is 3. The third kappa shape index (κ3) is 2.80. The van der Waals surface area contributed by atoms with Crippen LogP contribution in [0.4, 0.5) is 14.6 Å². The first-order chi connectivity index (χ1) is 11.6. The lowest BCUT2D eigenvalue weighted by molar-refractivity contribution is -0.118. The van der Waals surface area contributed by atoms with E-state index in [0.717, 1.165) is 38.4 Å². The number of hydrogen-bond acceptors (Lipinski definition) is 3. The summed E-state index contributed by atoms with van der Waals surface area (Å²) < 4.78 is 26.6. The summed E-state index contributed by atoms with van der Waals surface area (Å²) in [6.07, 6.45) is 2.98. The molecule has 2 aromatic rings. The van der Waals surface area contributed by atoms with Crippen LogP contribution in [0.5, 0.6) is 0 Å². The number of anilines is 1. The zero-order valence-electron chi connectivity index (χ0n) is 13.0. The molecule has 4 rings (SSSR count). The van der Waals surface area contributed by atoms with Crippen LogP contribution in [0, 0.1) is 23.0 Å². The van der Waals surface area contributed by atoms with Gasteiger partial charge in [-0.05, 0) is 49.9 Å². The smallest absolute Gasteiger partial charge is 0.229 e. The number of hydrogen-bond donors (Lipinski definition) is 3. The first-order valence-corrected chi connectivity index (χ1v) is 8.09. The highest BCUT2D eigenvalue weighted by atomic mass is 19.1. The number of amides is 1. The van der Waals surface area contributed by atoms with Gasteiger partial charge in [0.1, 0.15) is 11.6 Å². The van der Waals surface area contributed by atoms with Gasteiger partial charge in [-0.15, -0.1) is 0 Å². The molecule has 5 nitrogen and oxygen atoms in total. The van der Waals surface area contributed by atoms with Crippen molar-refractivity contribution < 1.29 is 13.6 Å². The molecule has 1 aromatic heterocycles. The standard InChI is InChI=1S/C17H18F2N4O/c18-11-5-10(6-12(19)7-11)14-8-15(23-22-14)21-16(24)13-9-17(13)1-3-20-4-2-17/h5-8,13,20H,1-4,9H2,(H2,21,22,23,24). The lowest BCUT2D eigenvalue weighted by atomic mass is 9.92. The van der Waals surface area contributed by atoms with Gasteiger partial charge >= 0.3 is 0 Å². The molecule has 1 amide bonds. The predicted molar refractivity (Wildman–Crippen MR) is 85.2 cm³/mol. The van der Waals surface area contributed by atoms with Crippen LogP contribution in [0.3, 0.4) is 0 Å². The molecule has 2 aliphatic rings. The third-order valence-corrected chi connectivity index (χ3v) is 5.11. The zero-order valence-corrected chi connectivity index (χ0v) is 13.0. The van der Waals surface area contributed by atoms with E-state index in [0.29, 0.717) is 17.1 Å². The van der Waals surface area contributed by atoms with E-state index >= 15 is 0 Å². The Morgan fingerprint density at radius 2 is 1.88 bits per heavy atom. The largest absolute Gasteiger partial charge is 0.317 e. The normalized spacial score (nSPS) is 21.7. The average molecular weight is 332 g/mol. The third-order valence-electron chi connectivity index (χ3n) is 5.11. The Labute approximate surface area is 137 Å². The number of piperidine rings is 1. The van der Waals surface area contributed by atoms with Gasteiger partial charge < -0.3 is 10.6 Å². The molecule has 0 radical (unpaired) electrons. The number of benzene rings is 1. The molecule has 24 heavy (non-hydrogen) atoms. The summed E-state index contributed by atoms with van der Waals surface area (Å²) >= 11 is 0. The Morgan fingerprint density at radius 1 is 1.17 bits per heavy atom. The summed E-state index contributed by atoms with van der Waals surface area (Å²) in [5.41, 5.74) is 0.956. The predicted octanol–water partition coefficient (Wildman–Crippen LogP) is 2.68. The lowest BCUT2D eigenvalue weighted by Gasteiger charge is -2.23. The summed E-state index contributed by atoms with van der Waals surface area (Å²) in [4.78, 5) is 12.4. The molecule has 0 bridgehead atoms. The molecule has 1 saturated heterocycles. The van der Waals surface area contributed by atoms with Crippen molar-refractivity contribution in [1.29, 1.82) is 0 Å². The highest BCUT2D eigenvalue weighted by molar-refractivity contribution is 5.94. The Hall–Kier alpha value is -2.28. The second-order valence-corrected chi connectivity index (χ2v) is 6.68. The molecule has 1 atom stereocenters. The second kappa shape index (κ2) is 5.66. The highest BCUT2D eigenvalue weighted by Gasteiger charge is 2.57. The van der Waals surface area contributed by atoms with E-state index < -0.39 is 11.6 Å². The number of carbonyl (C=O) groups excluding carboxylic acids is 1. The Morgan fingerprint density at radius 3 is 2.58 bits per heavy atom. The maximum atomic E-state index is 13.3. The molecule has 7 heteroatoms. The summed E-state index contributed by atoms with van der Waals surface area (Å²) in [7, 11) is 0. The number of nitrogens with zero attached hydrogens (tertiary/aromatic N) is 1. The van der Waals surface area contributed by atoms with E-state index in [-0.39, 0.29) is 17.2 Å². The van der Waals surface area contributed by atoms with Gasteiger partial charge in [0.25, 0.3) is 0 Å². The first-order valence-electron chi connectivity index (χ1n) is 8.09. The lowest BCUT2D eigenvalue weighted by Crippen LogP contribution is -2.31. The van der Waals surface area contributed by atoms with E-state index in [2.05, 4.69) is 20.8 Å².